The number of nitrogens with one attached hydrogen (secondary N) is 1. The third-order valence-corrected chi connectivity index (χ3v) is 3.83. The summed E-state index contributed by atoms with van der Waals surface area (Å²) in [4.78, 5) is 24.6. The van der Waals surface area contributed by atoms with Gasteiger partial charge in [-0.15, -0.1) is 0 Å². The van der Waals surface area contributed by atoms with E-state index < -0.39 is 17.3 Å². The monoisotopic (exact) mass is 387 g/mol. The molecule has 0 bridgehead atoms. The third kappa shape index (κ3) is 4.32. The SMILES string of the molecule is CCOc1ccc(Cl)cc1NC(=O)c1ccc(=O)n(-c2ccc(F)cc2)n1. The Morgan fingerprint density at radius 1 is 1.19 bits per heavy atom. The molecular formula is C19H15ClFN3O3. The molecule has 2 aromatic carbocycles. The van der Waals surface area contributed by atoms with Gasteiger partial charge in [-0.3, -0.25) is 9.59 Å². The first-order chi connectivity index (χ1) is 13.0. The molecule has 0 fully saturated rings. The number of aromatic nitrogens is 2. The summed E-state index contributed by atoms with van der Waals surface area (Å²) in [5.41, 5.74) is 0.279. The van der Waals surface area contributed by atoms with E-state index in [1.165, 1.54) is 36.4 Å². The van der Waals surface area contributed by atoms with Crippen LogP contribution in [0, 0.1) is 5.82 Å². The highest BCUT2D eigenvalue weighted by Gasteiger charge is 2.14. The van der Waals surface area contributed by atoms with Gasteiger partial charge < -0.3 is 10.1 Å². The molecule has 27 heavy (non-hydrogen) atoms. The number of benzene rings is 2. The van der Waals surface area contributed by atoms with E-state index in [-0.39, 0.29) is 5.69 Å². The first-order valence-electron chi connectivity index (χ1n) is 8.08. The van der Waals surface area contributed by atoms with Crippen LogP contribution in [0.4, 0.5) is 10.1 Å². The average Bonchev–Trinajstić information content (AvgIpc) is 2.65. The Morgan fingerprint density at radius 3 is 2.63 bits per heavy atom. The molecule has 3 aromatic rings. The van der Waals surface area contributed by atoms with Crippen LogP contribution in [-0.2, 0) is 0 Å². The lowest BCUT2D eigenvalue weighted by molar-refractivity contribution is 0.102. The van der Waals surface area contributed by atoms with Crippen molar-refractivity contribution in [3.63, 3.8) is 0 Å². The highest BCUT2D eigenvalue weighted by atomic mass is 35.5. The van der Waals surface area contributed by atoms with Crippen LogP contribution in [0.5, 0.6) is 5.75 Å². The zero-order chi connectivity index (χ0) is 19.4. The molecule has 0 spiro atoms. The summed E-state index contributed by atoms with van der Waals surface area (Å²) in [6.07, 6.45) is 0. The number of nitrogens with zero attached hydrogens (tertiary/aromatic N) is 2. The van der Waals surface area contributed by atoms with Crippen molar-refractivity contribution in [3.8, 4) is 11.4 Å². The fourth-order valence-corrected chi connectivity index (χ4v) is 2.54. The van der Waals surface area contributed by atoms with Gasteiger partial charge in [0.15, 0.2) is 0 Å². The van der Waals surface area contributed by atoms with Gasteiger partial charge in [-0.1, -0.05) is 11.6 Å². The molecule has 0 saturated carbocycles. The standard InChI is InChI=1S/C19H15ClFN3O3/c1-2-27-17-9-3-12(20)11-16(17)22-19(26)15-8-10-18(25)24(23-15)14-6-4-13(21)5-7-14/h3-11H,2H2,1H3,(H,22,26). The Labute approximate surface area is 159 Å². The smallest absolute Gasteiger partial charge is 0.276 e. The number of carbonyl (C=O) groups excluding carboxylic acids is 1. The summed E-state index contributed by atoms with van der Waals surface area (Å²) < 4.78 is 19.6. The van der Waals surface area contributed by atoms with Gasteiger partial charge >= 0.3 is 0 Å². The van der Waals surface area contributed by atoms with Crippen molar-refractivity contribution in [1.82, 2.24) is 9.78 Å². The molecule has 1 N–H and O–H groups in total. The lowest BCUT2D eigenvalue weighted by Crippen LogP contribution is -2.25. The van der Waals surface area contributed by atoms with Crippen molar-refractivity contribution in [1.29, 1.82) is 0 Å². The summed E-state index contributed by atoms with van der Waals surface area (Å²) in [7, 11) is 0. The van der Waals surface area contributed by atoms with Gasteiger partial charge in [0.25, 0.3) is 11.5 Å². The van der Waals surface area contributed by atoms with Crippen LogP contribution in [-0.4, -0.2) is 22.3 Å². The van der Waals surface area contributed by atoms with Gasteiger partial charge in [-0.2, -0.15) is 9.78 Å². The number of rotatable bonds is 5. The Hall–Kier alpha value is -3.19. The summed E-state index contributed by atoms with van der Waals surface area (Å²) in [5, 5.41) is 7.16. The zero-order valence-electron chi connectivity index (χ0n) is 14.3. The molecule has 0 aliphatic carbocycles. The number of halogens is 2. The van der Waals surface area contributed by atoms with Crippen LogP contribution in [0.25, 0.3) is 5.69 Å². The number of carbonyl (C=O) groups is 1. The molecule has 0 radical (unpaired) electrons. The second-order valence-electron chi connectivity index (χ2n) is 5.47. The number of amides is 1. The Kier molecular flexibility index (Phi) is 5.52. The highest BCUT2D eigenvalue weighted by Crippen LogP contribution is 2.28. The van der Waals surface area contributed by atoms with E-state index in [9.17, 15) is 14.0 Å². The molecule has 8 heteroatoms. The van der Waals surface area contributed by atoms with E-state index in [0.717, 1.165) is 4.68 Å². The second-order valence-corrected chi connectivity index (χ2v) is 5.91. The van der Waals surface area contributed by atoms with Crippen LogP contribution in [0.1, 0.15) is 17.4 Å². The first-order valence-corrected chi connectivity index (χ1v) is 8.45. The lowest BCUT2D eigenvalue weighted by Gasteiger charge is -2.12. The molecular weight excluding hydrogens is 373 g/mol. The maximum absolute atomic E-state index is 13.1. The third-order valence-electron chi connectivity index (χ3n) is 3.59. The average molecular weight is 388 g/mol. The highest BCUT2D eigenvalue weighted by molar-refractivity contribution is 6.31. The minimum absolute atomic E-state index is 0.00125. The fraction of sp³-hybridized carbons (Fsp3) is 0.105. The van der Waals surface area contributed by atoms with E-state index in [1.807, 2.05) is 6.92 Å². The Bertz CT molecular complexity index is 1040. The van der Waals surface area contributed by atoms with Crippen LogP contribution < -0.4 is 15.6 Å². The molecule has 3 rings (SSSR count). The van der Waals surface area contributed by atoms with Crippen molar-refractivity contribution >= 4 is 23.2 Å². The molecule has 0 atom stereocenters. The van der Waals surface area contributed by atoms with Crippen molar-refractivity contribution in [3.05, 3.63) is 81.5 Å². The molecule has 0 aliphatic rings. The normalized spacial score (nSPS) is 10.5. The Balaban J connectivity index is 1.92. The quantitative estimate of drug-likeness (QED) is 0.724. The number of ether oxygens (including phenoxy) is 1. The molecule has 0 saturated heterocycles. The van der Waals surface area contributed by atoms with Crippen molar-refractivity contribution in [2.75, 3.05) is 11.9 Å². The minimum Gasteiger partial charge on any atom is -0.492 e. The number of hydrogen-bond donors (Lipinski definition) is 1. The molecule has 1 aromatic heterocycles. The molecule has 1 amide bonds. The molecule has 138 valence electrons. The van der Waals surface area contributed by atoms with Crippen LogP contribution in [0.2, 0.25) is 5.02 Å². The van der Waals surface area contributed by atoms with Crippen molar-refractivity contribution in [2.45, 2.75) is 6.92 Å². The molecule has 1 heterocycles. The predicted molar refractivity (Wildman–Crippen MR) is 100 cm³/mol. The molecule has 0 aliphatic heterocycles. The van der Waals surface area contributed by atoms with Gasteiger partial charge in [0.1, 0.15) is 17.3 Å². The summed E-state index contributed by atoms with van der Waals surface area (Å²) >= 11 is 5.99. The number of hydrogen-bond acceptors (Lipinski definition) is 4. The summed E-state index contributed by atoms with van der Waals surface area (Å²) in [5.74, 6) is -0.527. The summed E-state index contributed by atoms with van der Waals surface area (Å²) in [6, 6.07) is 12.6. The molecule has 0 unspecified atom stereocenters. The second kappa shape index (κ2) is 8.01. The van der Waals surface area contributed by atoms with Crippen LogP contribution in [0.15, 0.2) is 59.4 Å². The molecule has 6 nitrogen and oxygen atoms in total. The van der Waals surface area contributed by atoms with Crippen LogP contribution in [0.3, 0.4) is 0 Å². The van der Waals surface area contributed by atoms with Crippen molar-refractivity contribution < 1.29 is 13.9 Å². The van der Waals surface area contributed by atoms with Crippen molar-refractivity contribution in [2.24, 2.45) is 0 Å². The topological polar surface area (TPSA) is 73.2 Å². The lowest BCUT2D eigenvalue weighted by atomic mass is 10.2. The largest absolute Gasteiger partial charge is 0.492 e. The van der Waals surface area contributed by atoms with E-state index >= 15 is 0 Å². The first kappa shape index (κ1) is 18.6. The minimum atomic E-state index is -0.547. The fourth-order valence-electron chi connectivity index (χ4n) is 2.37. The predicted octanol–water partition coefficient (Wildman–Crippen LogP) is 3.68. The van der Waals surface area contributed by atoms with Gasteiger partial charge in [-0.25, -0.2) is 4.39 Å². The zero-order valence-corrected chi connectivity index (χ0v) is 15.0. The van der Waals surface area contributed by atoms with E-state index in [2.05, 4.69) is 10.4 Å². The maximum Gasteiger partial charge on any atom is 0.276 e. The van der Waals surface area contributed by atoms with E-state index in [1.54, 1.807) is 18.2 Å². The Morgan fingerprint density at radius 2 is 1.93 bits per heavy atom. The number of anilines is 1. The van der Waals surface area contributed by atoms with Gasteiger partial charge in [0.05, 0.1) is 18.0 Å². The van der Waals surface area contributed by atoms with Crippen LogP contribution >= 0.6 is 11.6 Å². The van der Waals surface area contributed by atoms with Gasteiger partial charge in [0.2, 0.25) is 0 Å². The maximum atomic E-state index is 13.1. The van der Waals surface area contributed by atoms with E-state index in [0.29, 0.717) is 28.8 Å². The van der Waals surface area contributed by atoms with E-state index in [4.69, 9.17) is 16.3 Å². The summed E-state index contributed by atoms with van der Waals surface area (Å²) in [6.45, 7) is 2.23. The van der Waals surface area contributed by atoms with Gasteiger partial charge in [-0.05, 0) is 55.5 Å². The van der Waals surface area contributed by atoms with Gasteiger partial charge in [0, 0.05) is 11.1 Å².